The van der Waals surface area contributed by atoms with E-state index >= 15 is 0 Å². The average molecular weight is 361 g/mol. The minimum Gasteiger partial charge on any atom is -0.497 e. The summed E-state index contributed by atoms with van der Waals surface area (Å²) in [4.78, 5) is 12.5. The zero-order chi connectivity index (χ0) is 19.1. The van der Waals surface area contributed by atoms with E-state index in [2.05, 4.69) is 5.32 Å². The number of hydrogen-bond acceptors (Lipinski definition) is 3. The zero-order valence-electron chi connectivity index (χ0n) is 15.5. The van der Waals surface area contributed by atoms with E-state index in [0.29, 0.717) is 12.1 Å². The van der Waals surface area contributed by atoms with Crippen LogP contribution >= 0.6 is 0 Å². The summed E-state index contributed by atoms with van der Waals surface area (Å²) in [6, 6.07) is 25.3. The Labute approximate surface area is 159 Å². The Bertz CT molecular complexity index is 876. The van der Waals surface area contributed by atoms with Crippen LogP contribution in [-0.4, -0.2) is 26.7 Å². The van der Waals surface area contributed by atoms with E-state index in [1.165, 1.54) is 0 Å². The van der Waals surface area contributed by atoms with E-state index in [-0.39, 0.29) is 12.0 Å². The molecule has 0 spiro atoms. The first-order valence-corrected chi connectivity index (χ1v) is 8.81. The molecular weight excluding hydrogens is 338 g/mol. The van der Waals surface area contributed by atoms with Gasteiger partial charge in [0.2, 0.25) is 0 Å². The lowest BCUT2D eigenvalue weighted by Crippen LogP contribution is -2.29. The number of methoxy groups -OCH3 is 2. The van der Waals surface area contributed by atoms with Gasteiger partial charge in [0, 0.05) is 19.2 Å². The second-order valence-electron chi connectivity index (χ2n) is 6.15. The van der Waals surface area contributed by atoms with Crippen LogP contribution in [-0.2, 0) is 4.74 Å². The maximum Gasteiger partial charge on any atom is 0.251 e. The van der Waals surface area contributed by atoms with Crippen molar-refractivity contribution in [1.82, 2.24) is 5.32 Å². The number of benzene rings is 3. The summed E-state index contributed by atoms with van der Waals surface area (Å²) in [5.74, 6) is 0.636. The summed E-state index contributed by atoms with van der Waals surface area (Å²) in [5, 5.41) is 2.94. The highest BCUT2D eigenvalue weighted by molar-refractivity contribution is 5.94. The maximum absolute atomic E-state index is 12.5. The first-order chi connectivity index (χ1) is 13.2. The lowest BCUT2D eigenvalue weighted by atomic mass is 10.0. The molecule has 0 aliphatic heterocycles. The fourth-order valence-corrected chi connectivity index (χ4v) is 2.91. The first kappa shape index (κ1) is 18.7. The van der Waals surface area contributed by atoms with E-state index in [4.69, 9.17) is 9.47 Å². The Morgan fingerprint density at radius 2 is 1.59 bits per heavy atom. The molecule has 4 heteroatoms. The van der Waals surface area contributed by atoms with E-state index in [9.17, 15) is 4.79 Å². The van der Waals surface area contributed by atoms with Gasteiger partial charge >= 0.3 is 0 Å². The van der Waals surface area contributed by atoms with Gasteiger partial charge in [-0.25, -0.2) is 0 Å². The SMILES string of the molecule is COc1cccc([C@H](CNC(=O)c2ccc(-c3ccccc3)cc2)OC)c1. The number of amides is 1. The Morgan fingerprint density at radius 1 is 0.889 bits per heavy atom. The van der Waals surface area contributed by atoms with Crippen molar-refractivity contribution in [2.24, 2.45) is 0 Å². The van der Waals surface area contributed by atoms with Crippen LogP contribution in [0, 0.1) is 0 Å². The molecule has 3 aromatic rings. The van der Waals surface area contributed by atoms with Gasteiger partial charge in [0.15, 0.2) is 0 Å². The predicted octanol–water partition coefficient (Wildman–Crippen LogP) is 4.48. The van der Waals surface area contributed by atoms with Gasteiger partial charge in [0.1, 0.15) is 5.75 Å². The zero-order valence-corrected chi connectivity index (χ0v) is 15.5. The Balaban J connectivity index is 1.64. The van der Waals surface area contributed by atoms with E-state index < -0.39 is 0 Å². The summed E-state index contributed by atoms with van der Waals surface area (Å²) in [7, 11) is 3.26. The number of carbonyl (C=O) groups is 1. The van der Waals surface area contributed by atoms with Crippen LogP contribution in [0.25, 0.3) is 11.1 Å². The molecule has 0 aromatic heterocycles. The highest BCUT2D eigenvalue weighted by Gasteiger charge is 2.14. The summed E-state index contributed by atoms with van der Waals surface area (Å²) in [6.07, 6.45) is -0.243. The fourth-order valence-electron chi connectivity index (χ4n) is 2.91. The molecule has 0 unspecified atom stereocenters. The summed E-state index contributed by atoms with van der Waals surface area (Å²) in [5.41, 5.74) is 3.78. The van der Waals surface area contributed by atoms with Crippen molar-refractivity contribution in [3.05, 3.63) is 90.0 Å². The fraction of sp³-hybridized carbons (Fsp3) is 0.174. The van der Waals surface area contributed by atoms with Crippen LogP contribution < -0.4 is 10.1 Å². The van der Waals surface area contributed by atoms with Crippen molar-refractivity contribution in [1.29, 1.82) is 0 Å². The standard InChI is InChI=1S/C23H23NO3/c1-26-21-10-6-9-20(15-21)22(27-2)16-24-23(25)19-13-11-18(12-14-19)17-7-4-3-5-8-17/h3-15,22H,16H2,1-2H3,(H,24,25)/t22-/m0/s1. The molecule has 0 aliphatic rings. The first-order valence-electron chi connectivity index (χ1n) is 8.81. The molecular formula is C23H23NO3. The van der Waals surface area contributed by atoms with Crippen LogP contribution in [0.4, 0.5) is 0 Å². The number of nitrogens with one attached hydrogen (secondary N) is 1. The van der Waals surface area contributed by atoms with Crippen molar-refractivity contribution < 1.29 is 14.3 Å². The molecule has 4 nitrogen and oxygen atoms in total. The van der Waals surface area contributed by atoms with Gasteiger partial charge in [0.05, 0.1) is 13.2 Å². The van der Waals surface area contributed by atoms with Crippen LogP contribution in [0.15, 0.2) is 78.9 Å². The third-order valence-electron chi connectivity index (χ3n) is 4.45. The molecule has 0 bridgehead atoms. The molecule has 3 rings (SSSR count). The molecule has 0 fully saturated rings. The van der Waals surface area contributed by atoms with E-state index in [1.54, 1.807) is 14.2 Å². The molecule has 1 N–H and O–H groups in total. The molecule has 0 saturated heterocycles. The second-order valence-corrected chi connectivity index (χ2v) is 6.15. The number of carbonyl (C=O) groups excluding carboxylic acids is 1. The minimum absolute atomic E-state index is 0.125. The largest absolute Gasteiger partial charge is 0.497 e. The van der Waals surface area contributed by atoms with Gasteiger partial charge in [-0.2, -0.15) is 0 Å². The van der Waals surface area contributed by atoms with Crippen LogP contribution in [0.5, 0.6) is 5.75 Å². The highest BCUT2D eigenvalue weighted by atomic mass is 16.5. The predicted molar refractivity (Wildman–Crippen MR) is 107 cm³/mol. The third kappa shape index (κ3) is 4.74. The smallest absolute Gasteiger partial charge is 0.251 e. The minimum atomic E-state index is -0.243. The molecule has 1 amide bonds. The number of ether oxygens (including phenoxy) is 2. The van der Waals surface area contributed by atoms with Crippen LogP contribution in [0.3, 0.4) is 0 Å². The summed E-state index contributed by atoms with van der Waals surface area (Å²) < 4.78 is 10.8. The molecule has 0 aliphatic carbocycles. The molecule has 0 heterocycles. The summed E-state index contributed by atoms with van der Waals surface area (Å²) >= 11 is 0. The van der Waals surface area contributed by atoms with Gasteiger partial charge in [-0.1, -0.05) is 54.6 Å². The van der Waals surface area contributed by atoms with Gasteiger partial charge in [-0.15, -0.1) is 0 Å². The monoisotopic (exact) mass is 361 g/mol. The second kappa shape index (κ2) is 9.01. The molecule has 1 atom stereocenters. The van der Waals surface area contributed by atoms with Gasteiger partial charge in [0.25, 0.3) is 5.91 Å². The molecule has 0 radical (unpaired) electrons. The Hall–Kier alpha value is -3.11. The summed E-state index contributed by atoms with van der Waals surface area (Å²) in [6.45, 7) is 0.378. The molecule has 138 valence electrons. The maximum atomic E-state index is 12.5. The normalized spacial score (nSPS) is 11.6. The highest BCUT2D eigenvalue weighted by Crippen LogP contribution is 2.22. The third-order valence-corrected chi connectivity index (χ3v) is 4.45. The molecule has 3 aromatic carbocycles. The average Bonchev–Trinajstić information content (AvgIpc) is 2.75. The van der Waals surface area contributed by atoms with Gasteiger partial charge in [-0.05, 0) is 41.0 Å². The van der Waals surface area contributed by atoms with Crippen molar-refractivity contribution in [2.75, 3.05) is 20.8 Å². The Morgan fingerprint density at radius 3 is 2.26 bits per heavy atom. The van der Waals surface area contributed by atoms with Crippen molar-refractivity contribution in [2.45, 2.75) is 6.10 Å². The Kier molecular flexibility index (Phi) is 6.23. The van der Waals surface area contributed by atoms with Crippen molar-refractivity contribution in [3.63, 3.8) is 0 Å². The lowest BCUT2D eigenvalue weighted by Gasteiger charge is -2.17. The topological polar surface area (TPSA) is 47.6 Å². The number of hydrogen-bond donors (Lipinski definition) is 1. The van der Waals surface area contributed by atoms with Crippen molar-refractivity contribution >= 4 is 5.91 Å². The van der Waals surface area contributed by atoms with Gasteiger partial charge in [-0.3, -0.25) is 4.79 Å². The van der Waals surface area contributed by atoms with Crippen molar-refractivity contribution in [3.8, 4) is 16.9 Å². The van der Waals surface area contributed by atoms with E-state index in [0.717, 1.165) is 22.4 Å². The van der Waals surface area contributed by atoms with Gasteiger partial charge < -0.3 is 14.8 Å². The van der Waals surface area contributed by atoms with E-state index in [1.807, 2.05) is 78.9 Å². The van der Waals surface area contributed by atoms with Crippen LogP contribution in [0.2, 0.25) is 0 Å². The number of rotatable bonds is 7. The van der Waals surface area contributed by atoms with Crippen LogP contribution in [0.1, 0.15) is 22.0 Å². The molecule has 0 saturated carbocycles. The lowest BCUT2D eigenvalue weighted by molar-refractivity contribution is 0.0827. The molecule has 27 heavy (non-hydrogen) atoms. The quantitative estimate of drug-likeness (QED) is 0.675.